The number of sulfonamides is 1. The first-order chi connectivity index (χ1) is 10.1. The second-order valence-electron chi connectivity index (χ2n) is 4.92. The molecule has 2 N–H and O–H groups in total. The minimum absolute atomic E-state index is 0.0413. The lowest BCUT2D eigenvalue weighted by Crippen LogP contribution is -2.28. The van der Waals surface area contributed by atoms with Crippen LogP contribution in [0.3, 0.4) is 0 Å². The highest BCUT2D eigenvalue weighted by molar-refractivity contribution is 9.10. The van der Waals surface area contributed by atoms with Gasteiger partial charge in [-0.1, -0.05) is 0 Å². The van der Waals surface area contributed by atoms with E-state index in [0.717, 1.165) is 11.0 Å². The topological polar surface area (TPSA) is 124 Å². The van der Waals surface area contributed by atoms with E-state index in [1.54, 1.807) is 0 Å². The van der Waals surface area contributed by atoms with Gasteiger partial charge in [-0.25, -0.2) is 17.9 Å². The largest absolute Gasteiger partial charge is 0.305 e. The molecule has 0 aromatic heterocycles. The monoisotopic (exact) mass is 395 g/mol. The molecular weight excluding hydrogens is 385 g/mol. The minimum atomic E-state index is -3.76. The van der Waals surface area contributed by atoms with Crippen LogP contribution in [0.15, 0.2) is 16.6 Å². The van der Waals surface area contributed by atoms with Gasteiger partial charge in [-0.3, -0.25) is 14.9 Å². The number of carbonyl (C=O) groups is 1. The molecule has 8 nitrogen and oxygen atoms in total. The molecule has 1 fully saturated rings. The Morgan fingerprint density at radius 1 is 1.50 bits per heavy atom. The summed E-state index contributed by atoms with van der Waals surface area (Å²) in [6.07, 6.45) is -0.0998. The predicted molar refractivity (Wildman–Crippen MR) is 79.2 cm³/mol. The Morgan fingerprint density at radius 2 is 2.14 bits per heavy atom. The van der Waals surface area contributed by atoms with Crippen molar-refractivity contribution in [2.24, 2.45) is 11.1 Å². The number of carbonyl (C=O) groups excluding carboxylic acids is 1. The van der Waals surface area contributed by atoms with E-state index in [4.69, 9.17) is 5.14 Å². The van der Waals surface area contributed by atoms with E-state index in [0.29, 0.717) is 6.07 Å². The van der Waals surface area contributed by atoms with E-state index < -0.39 is 44.0 Å². The van der Waals surface area contributed by atoms with Crippen LogP contribution in [0.5, 0.6) is 0 Å². The minimum Gasteiger partial charge on any atom is -0.305 e. The summed E-state index contributed by atoms with van der Waals surface area (Å²) < 4.78 is 35.6. The van der Waals surface area contributed by atoms with Crippen molar-refractivity contribution in [1.82, 2.24) is 0 Å². The second-order valence-corrected chi connectivity index (χ2v) is 7.43. The summed E-state index contributed by atoms with van der Waals surface area (Å²) in [6.45, 7) is -0.0413. The second kappa shape index (κ2) is 5.89. The molecule has 0 bridgehead atoms. The fourth-order valence-electron chi connectivity index (χ4n) is 2.40. The summed E-state index contributed by atoms with van der Waals surface area (Å²) >= 11 is 3.00. The standard InChI is InChI=1S/C11H11BrFN3O5S/c12-8-2-7(13)3-9(16(18)19)11(8)15-4-6(1-10(15)17)5-22(14,20)21/h2-3,6H,1,4-5H2,(H2,14,20,21). The van der Waals surface area contributed by atoms with Crippen LogP contribution < -0.4 is 10.0 Å². The molecule has 1 aromatic rings. The van der Waals surface area contributed by atoms with Crippen molar-refractivity contribution in [2.45, 2.75) is 6.42 Å². The Bertz CT molecular complexity index is 754. The average Bonchev–Trinajstić information content (AvgIpc) is 2.66. The van der Waals surface area contributed by atoms with Crippen LogP contribution in [0.1, 0.15) is 6.42 Å². The summed E-state index contributed by atoms with van der Waals surface area (Å²) in [5.41, 5.74) is -0.662. The summed E-state index contributed by atoms with van der Waals surface area (Å²) in [5.74, 6) is -2.28. The normalized spacial score (nSPS) is 18.8. The number of halogens is 2. The van der Waals surface area contributed by atoms with Crippen molar-refractivity contribution in [3.63, 3.8) is 0 Å². The van der Waals surface area contributed by atoms with Crippen LogP contribution in [0.25, 0.3) is 0 Å². The molecule has 0 radical (unpaired) electrons. The Hall–Kier alpha value is -1.59. The number of hydrogen-bond donors (Lipinski definition) is 1. The van der Waals surface area contributed by atoms with Crippen molar-refractivity contribution in [1.29, 1.82) is 0 Å². The highest BCUT2D eigenvalue weighted by Gasteiger charge is 2.37. The molecule has 0 saturated carbocycles. The molecule has 1 amide bonds. The molecule has 0 aliphatic carbocycles. The van der Waals surface area contributed by atoms with E-state index >= 15 is 0 Å². The number of nitro groups is 1. The van der Waals surface area contributed by atoms with Gasteiger partial charge < -0.3 is 4.90 Å². The highest BCUT2D eigenvalue weighted by Crippen LogP contribution is 2.39. The van der Waals surface area contributed by atoms with Crippen LogP contribution in [0.4, 0.5) is 15.8 Å². The molecule has 22 heavy (non-hydrogen) atoms. The van der Waals surface area contributed by atoms with Crippen molar-refractivity contribution in [2.75, 3.05) is 17.2 Å². The number of nitrogens with two attached hydrogens (primary N) is 1. The number of nitro benzene ring substituents is 1. The van der Waals surface area contributed by atoms with Crippen LogP contribution in [0.2, 0.25) is 0 Å². The van der Waals surface area contributed by atoms with Gasteiger partial charge in [-0.2, -0.15) is 0 Å². The number of amides is 1. The number of anilines is 1. The maximum Gasteiger partial charge on any atom is 0.297 e. The van der Waals surface area contributed by atoms with E-state index in [1.807, 2.05) is 0 Å². The van der Waals surface area contributed by atoms with Crippen LogP contribution in [0, 0.1) is 21.8 Å². The summed E-state index contributed by atoms with van der Waals surface area (Å²) in [4.78, 5) is 23.4. The molecule has 120 valence electrons. The van der Waals surface area contributed by atoms with Gasteiger partial charge in [0.2, 0.25) is 15.9 Å². The third-order valence-electron chi connectivity index (χ3n) is 3.15. The Morgan fingerprint density at radius 3 is 2.68 bits per heavy atom. The molecule has 1 aromatic carbocycles. The quantitative estimate of drug-likeness (QED) is 0.604. The van der Waals surface area contributed by atoms with Crippen molar-refractivity contribution < 1.29 is 22.5 Å². The number of hydrogen-bond acceptors (Lipinski definition) is 5. The van der Waals surface area contributed by atoms with Gasteiger partial charge in [0.25, 0.3) is 5.69 Å². The number of primary sulfonamides is 1. The fourth-order valence-corrected chi connectivity index (χ4v) is 3.91. The first kappa shape index (κ1) is 16.8. The maximum absolute atomic E-state index is 13.3. The molecule has 0 spiro atoms. The third kappa shape index (κ3) is 3.59. The maximum atomic E-state index is 13.3. The SMILES string of the molecule is NS(=O)(=O)CC1CC(=O)N(c2c(Br)cc(F)cc2[N+](=O)[O-])C1. The molecule has 1 atom stereocenters. The first-order valence-corrected chi connectivity index (χ1v) is 8.53. The van der Waals surface area contributed by atoms with Gasteiger partial charge >= 0.3 is 0 Å². The third-order valence-corrected chi connectivity index (χ3v) is 4.69. The van der Waals surface area contributed by atoms with Gasteiger partial charge in [0.15, 0.2) is 0 Å². The molecule has 11 heteroatoms. The molecule has 1 aliphatic rings. The summed E-state index contributed by atoms with van der Waals surface area (Å²) in [7, 11) is -3.76. The van der Waals surface area contributed by atoms with Crippen molar-refractivity contribution >= 4 is 43.2 Å². The molecule has 1 saturated heterocycles. The number of nitrogens with zero attached hydrogens (tertiary/aromatic N) is 2. The molecule has 1 unspecified atom stereocenters. The molecule has 2 rings (SSSR count). The first-order valence-electron chi connectivity index (χ1n) is 6.02. The zero-order valence-corrected chi connectivity index (χ0v) is 13.4. The van der Waals surface area contributed by atoms with Crippen molar-refractivity contribution in [3.8, 4) is 0 Å². The zero-order chi connectivity index (χ0) is 16.7. The molecule has 1 heterocycles. The van der Waals surface area contributed by atoms with Crippen molar-refractivity contribution in [3.05, 3.63) is 32.5 Å². The van der Waals surface area contributed by atoms with E-state index in [1.165, 1.54) is 0 Å². The van der Waals surface area contributed by atoms with Gasteiger partial charge in [-0.05, 0) is 22.0 Å². The van der Waals surface area contributed by atoms with E-state index in [2.05, 4.69) is 15.9 Å². The summed E-state index contributed by atoms with van der Waals surface area (Å²) in [6, 6.07) is 1.71. The predicted octanol–water partition coefficient (Wildman–Crippen LogP) is 1.14. The van der Waals surface area contributed by atoms with E-state index in [9.17, 15) is 27.7 Å². The van der Waals surface area contributed by atoms with Gasteiger partial charge in [0, 0.05) is 18.9 Å². The van der Waals surface area contributed by atoms with Crippen LogP contribution >= 0.6 is 15.9 Å². The zero-order valence-electron chi connectivity index (χ0n) is 11.0. The van der Waals surface area contributed by atoms with Gasteiger partial charge in [0.05, 0.1) is 21.2 Å². The number of benzene rings is 1. The van der Waals surface area contributed by atoms with E-state index in [-0.39, 0.29) is 23.1 Å². The Kier molecular flexibility index (Phi) is 4.49. The smallest absolute Gasteiger partial charge is 0.297 e. The van der Waals surface area contributed by atoms with Crippen LogP contribution in [-0.2, 0) is 14.8 Å². The fraction of sp³-hybridized carbons (Fsp3) is 0.364. The average molecular weight is 396 g/mol. The van der Waals surface area contributed by atoms with Gasteiger partial charge in [-0.15, -0.1) is 0 Å². The lowest BCUT2D eigenvalue weighted by atomic mass is 10.1. The Labute approximate surface area is 133 Å². The lowest BCUT2D eigenvalue weighted by Gasteiger charge is -2.18. The lowest BCUT2D eigenvalue weighted by molar-refractivity contribution is -0.384. The number of rotatable bonds is 4. The Balaban J connectivity index is 2.40. The summed E-state index contributed by atoms with van der Waals surface area (Å²) in [5, 5.41) is 16.0. The van der Waals surface area contributed by atoms with Crippen LogP contribution in [-0.4, -0.2) is 31.5 Å². The highest BCUT2D eigenvalue weighted by atomic mass is 79.9. The molecular formula is C11H11BrFN3O5S. The molecule has 1 aliphatic heterocycles. The van der Waals surface area contributed by atoms with Gasteiger partial charge in [0.1, 0.15) is 11.5 Å².